The molecule has 1 N–H and O–H groups in total. The summed E-state index contributed by atoms with van der Waals surface area (Å²) in [6, 6.07) is 13.3. The van der Waals surface area contributed by atoms with Gasteiger partial charge in [0.15, 0.2) is 0 Å². The van der Waals surface area contributed by atoms with Crippen molar-refractivity contribution in [1.29, 1.82) is 0 Å². The van der Waals surface area contributed by atoms with Gasteiger partial charge in [-0.1, -0.05) is 54.6 Å². The SMILES string of the molecule is Cc1ccccc1[C@@H](C)NC(c1ccccc1)C(F)(F)F. The van der Waals surface area contributed by atoms with Crippen LogP contribution in [-0.2, 0) is 0 Å². The Morgan fingerprint density at radius 1 is 0.905 bits per heavy atom. The first-order valence-electron chi connectivity index (χ1n) is 6.83. The van der Waals surface area contributed by atoms with Crippen molar-refractivity contribution in [2.24, 2.45) is 0 Å². The molecule has 0 amide bonds. The third-order valence-corrected chi connectivity index (χ3v) is 3.53. The molecule has 2 aromatic carbocycles. The molecule has 0 aliphatic carbocycles. The van der Waals surface area contributed by atoms with Gasteiger partial charge in [-0.3, -0.25) is 5.32 Å². The summed E-state index contributed by atoms with van der Waals surface area (Å²) < 4.78 is 40.0. The van der Waals surface area contributed by atoms with Crippen LogP contribution in [0.1, 0.15) is 35.7 Å². The zero-order valence-corrected chi connectivity index (χ0v) is 12.0. The van der Waals surface area contributed by atoms with E-state index in [9.17, 15) is 13.2 Å². The maximum Gasteiger partial charge on any atom is 0.407 e. The molecular weight excluding hydrogens is 275 g/mol. The predicted octanol–water partition coefficient (Wildman–Crippen LogP) is 4.95. The Morgan fingerprint density at radius 3 is 2.05 bits per heavy atom. The molecule has 0 aliphatic heterocycles. The molecule has 1 nitrogen and oxygen atoms in total. The van der Waals surface area contributed by atoms with Crippen LogP contribution in [0.25, 0.3) is 0 Å². The molecule has 2 aromatic rings. The molecule has 112 valence electrons. The maximum atomic E-state index is 13.3. The average molecular weight is 293 g/mol. The van der Waals surface area contributed by atoms with Gasteiger partial charge in [0.05, 0.1) is 0 Å². The Kier molecular flexibility index (Phi) is 4.68. The van der Waals surface area contributed by atoms with E-state index >= 15 is 0 Å². The molecule has 0 aromatic heterocycles. The highest BCUT2D eigenvalue weighted by Crippen LogP contribution is 2.34. The van der Waals surface area contributed by atoms with Gasteiger partial charge in [0.2, 0.25) is 0 Å². The molecule has 0 saturated carbocycles. The predicted molar refractivity (Wildman–Crippen MR) is 78.0 cm³/mol. The van der Waals surface area contributed by atoms with Gasteiger partial charge < -0.3 is 0 Å². The quantitative estimate of drug-likeness (QED) is 0.841. The highest BCUT2D eigenvalue weighted by Gasteiger charge is 2.41. The third-order valence-electron chi connectivity index (χ3n) is 3.53. The van der Waals surface area contributed by atoms with Gasteiger partial charge in [-0.05, 0) is 30.5 Å². The van der Waals surface area contributed by atoms with Crippen LogP contribution < -0.4 is 5.32 Å². The standard InChI is InChI=1S/C17H18F3N/c1-12-8-6-7-11-15(12)13(2)21-16(17(18,19)20)14-9-4-3-5-10-14/h3-11,13,16,21H,1-2H3/t13-,16?/m1/s1. The van der Waals surface area contributed by atoms with Crippen LogP contribution in [0.3, 0.4) is 0 Å². The van der Waals surface area contributed by atoms with Crippen molar-refractivity contribution in [1.82, 2.24) is 5.32 Å². The van der Waals surface area contributed by atoms with Gasteiger partial charge >= 0.3 is 6.18 Å². The van der Waals surface area contributed by atoms with Crippen molar-refractivity contribution in [2.45, 2.75) is 32.1 Å². The summed E-state index contributed by atoms with van der Waals surface area (Å²) in [5.74, 6) is 0. The fourth-order valence-electron chi connectivity index (χ4n) is 2.44. The molecule has 0 spiro atoms. The Balaban J connectivity index is 2.26. The van der Waals surface area contributed by atoms with Gasteiger partial charge in [-0.25, -0.2) is 0 Å². The normalized spacial score (nSPS) is 14.7. The van der Waals surface area contributed by atoms with Crippen molar-refractivity contribution in [3.8, 4) is 0 Å². The van der Waals surface area contributed by atoms with E-state index in [0.29, 0.717) is 0 Å². The Bertz CT molecular complexity index is 578. The van der Waals surface area contributed by atoms with E-state index in [-0.39, 0.29) is 5.56 Å². The van der Waals surface area contributed by atoms with E-state index in [1.165, 1.54) is 12.1 Å². The summed E-state index contributed by atoms with van der Waals surface area (Å²) in [4.78, 5) is 0. The van der Waals surface area contributed by atoms with E-state index in [1.54, 1.807) is 25.1 Å². The van der Waals surface area contributed by atoms with Gasteiger partial charge in [0.25, 0.3) is 0 Å². The van der Waals surface area contributed by atoms with Crippen LogP contribution in [0.2, 0.25) is 0 Å². The third kappa shape index (κ3) is 3.85. The van der Waals surface area contributed by atoms with E-state index in [0.717, 1.165) is 11.1 Å². The Labute approximate surface area is 122 Å². The monoisotopic (exact) mass is 293 g/mol. The van der Waals surface area contributed by atoms with Crippen molar-refractivity contribution in [3.05, 3.63) is 71.3 Å². The maximum absolute atomic E-state index is 13.3. The zero-order chi connectivity index (χ0) is 15.5. The van der Waals surface area contributed by atoms with Crippen LogP contribution in [0.15, 0.2) is 54.6 Å². The highest BCUT2D eigenvalue weighted by molar-refractivity contribution is 5.29. The summed E-state index contributed by atoms with van der Waals surface area (Å²) in [7, 11) is 0. The Morgan fingerprint density at radius 2 is 1.48 bits per heavy atom. The molecule has 0 heterocycles. The smallest absolute Gasteiger partial charge is 0.296 e. The molecule has 21 heavy (non-hydrogen) atoms. The van der Waals surface area contributed by atoms with Crippen molar-refractivity contribution < 1.29 is 13.2 Å². The molecule has 0 fully saturated rings. The molecule has 1 unspecified atom stereocenters. The van der Waals surface area contributed by atoms with Gasteiger partial charge in [0.1, 0.15) is 6.04 Å². The van der Waals surface area contributed by atoms with Crippen molar-refractivity contribution >= 4 is 0 Å². The van der Waals surface area contributed by atoms with Crippen molar-refractivity contribution in [2.75, 3.05) is 0 Å². The largest absolute Gasteiger partial charge is 0.407 e. The zero-order valence-electron chi connectivity index (χ0n) is 12.0. The molecule has 0 radical (unpaired) electrons. The highest BCUT2D eigenvalue weighted by atomic mass is 19.4. The lowest BCUT2D eigenvalue weighted by molar-refractivity contribution is -0.159. The Hall–Kier alpha value is -1.81. The molecular formula is C17H18F3N. The fourth-order valence-corrected chi connectivity index (χ4v) is 2.44. The van der Waals surface area contributed by atoms with E-state index in [4.69, 9.17) is 0 Å². The number of halogens is 3. The molecule has 0 aliphatic rings. The van der Waals surface area contributed by atoms with Gasteiger partial charge in [0, 0.05) is 6.04 Å². The molecule has 2 rings (SSSR count). The van der Waals surface area contributed by atoms with Crippen LogP contribution in [0.5, 0.6) is 0 Å². The van der Waals surface area contributed by atoms with Gasteiger partial charge in [-0.15, -0.1) is 0 Å². The molecule has 2 atom stereocenters. The first-order valence-corrected chi connectivity index (χ1v) is 6.83. The number of hydrogen-bond donors (Lipinski definition) is 1. The van der Waals surface area contributed by atoms with E-state index in [2.05, 4.69) is 5.32 Å². The van der Waals surface area contributed by atoms with Crippen LogP contribution in [0.4, 0.5) is 13.2 Å². The fraction of sp³-hybridized carbons (Fsp3) is 0.294. The van der Waals surface area contributed by atoms with Crippen molar-refractivity contribution in [3.63, 3.8) is 0 Å². The number of alkyl halides is 3. The number of hydrogen-bond acceptors (Lipinski definition) is 1. The second kappa shape index (κ2) is 6.31. The first-order chi connectivity index (χ1) is 9.89. The number of benzene rings is 2. The summed E-state index contributed by atoms with van der Waals surface area (Å²) in [6.07, 6.45) is -4.34. The lowest BCUT2D eigenvalue weighted by atomic mass is 9.99. The van der Waals surface area contributed by atoms with E-state index in [1.807, 2.05) is 31.2 Å². The first kappa shape index (κ1) is 15.6. The molecule has 0 saturated heterocycles. The van der Waals surface area contributed by atoms with Crippen LogP contribution in [0, 0.1) is 6.92 Å². The number of aryl methyl sites for hydroxylation is 1. The molecule has 0 bridgehead atoms. The summed E-state index contributed by atoms with van der Waals surface area (Å²) in [5.41, 5.74) is 2.08. The minimum absolute atomic E-state index is 0.227. The minimum Gasteiger partial charge on any atom is -0.296 e. The summed E-state index contributed by atoms with van der Waals surface area (Å²) in [5, 5.41) is 2.71. The molecule has 4 heteroatoms. The van der Waals surface area contributed by atoms with Crippen LogP contribution in [-0.4, -0.2) is 6.18 Å². The summed E-state index contributed by atoms with van der Waals surface area (Å²) >= 11 is 0. The number of rotatable bonds is 4. The minimum atomic E-state index is -4.34. The van der Waals surface area contributed by atoms with Gasteiger partial charge in [-0.2, -0.15) is 13.2 Å². The van der Waals surface area contributed by atoms with Crippen LogP contribution >= 0.6 is 0 Å². The second-order valence-electron chi connectivity index (χ2n) is 5.13. The topological polar surface area (TPSA) is 12.0 Å². The lowest BCUT2D eigenvalue weighted by Gasteiger charge is -2.27. The lowest BCUT2D eigenvalue weighted by Crippen LogP contribution is -2.36. The number of nitrogens with one attached hydrogen (secondary N) is 1. The van der Waals surface area contributed by atoms with E-state index < -0.39 is 18.3 Å². The summed E-state index contributed by atoms with van der Waals surface area (Å²) in [6.45, 7) is 3.66. The average Bonchev–Trinajstić information content (AvgIpc) is 2.44. The second-order valence-corrected chi connectivity index (χ2v) is 5.13.